The highest BCUT2D eigenvalue weighted by atomic mass is 35.5. The highest BCUT2D eigenvalue weighted by Gasteiger charge is 2.42. The van der Waals surface area contributed by atoms with Crippen LogP contribution in [0.1, 0.15) is 51.0 Å². The van der Waals surface area contributed by atoms with Crippen molar-refractivity contribution in [1.29, 1.82) is 0 Å². The molecule has 7 nitrogen and oxygen atoms in total. The van der Waals surface area contributed by atoms with Crippen LogP contribution >= 0.6 is 11.6 Å². The predicted molar refractivity (Wildman–Crippen MR) is 100 cm³/mol. The smallest absolute Gasteiger partial charge is 0.411 e. The summed E-state index contributed by atoms with van der Waals surface area (Å²) in [4.78, 5) is 30.4. The molecular weight excluding hydrogens is 356 g/mol. The average molecular weight is 379 g/mol. The SMILES string of the molecule is C[C@@]1(c2cccc(N)c2Cl)CC(=O)N(C2CCCCC2)C(NC(=O)O)=N1. The van der Waals surface area contributed by atoms with E-state index in [0.717, 1.165) is 32.1 Å². The molecule has 8 heteroatoms. The van der Waals surface area contributed by atoms with Gasteiger partial charge in [-0.3, -0.25) is 15.0 Å². The van der Waals surface area contributed by atoms with Crippen LogP contribution in [-0.2, 0) is 10.3 Å². The Balaban J connectivity index is 2.04. The molecule has 1 aromatic carbocycles. The standard InChI is InChI=1S/C18H23ClN4O3/c1-18(12-8-5-9-13(20)15(12)19)10-14(24)23(11-6-3-2-4-7-11)16(22-18)21-17(25)26/h5,8-9,11H,2-4,6-7,10,20H2,1H3,(H,21,22)(H,25,26)/t18-/m0/s1. The fraction of sp³-hybridized carbons (Fsp3) is 0.500. The maximum atomic E-state index is 13.0. The van der Waals surface area contributed by atoms with Crippen LogP contribution in [0.3, 0.4) is 0 Å². The summed E-state index contributed by atoms with van der Waals surface area (Å²) in [5, 5.41) is 11.9. The third-order valence-corrected chi connectivity index (χ3v) is 5.53. The minimum atomic E-state index is -1.25. The molecule has 1 fully saturated rings. The lowest BCUT2D eigenvalue weighted by Gasteiger charge is -2.41. The van der Waals surface area contributed by atoms with Gasteiger partial charge in [0.15, 0.2) is 0 Å². The van der Waals surface area contributed by atoms with Crippen LogP contribution in [-0.4, -0.2) is 34.0 Å². The lowest BCUT2D eigenvalue weighted by Crippen LogP contribution is -2.57. The van der Waals surface area contributed by atoms with E-state index in [1.165, 1.54) is 4.90 Å². The zero-order valence-corrected chi connectivity index (χ0v) is 15.4. The Hall–Kier alpha value is -2.28. The molecule has 0 bridgehead atoms. The molecule has 1 heterocycles. The second kappa shape index (κ2) is 7.15. The van der Waals surface area contributed by atoms with Gasteiger partial charge in [0.25, 0.3) is 0 Å². The molecule has 140 valence electrons. The van der Waals surface area contributed by atoms with Gasteiger partial charge in [0.05, 0.1) is 22.7 Å². The first-order valence-electron chi connectivity index (χ1n) is 8.78. The minimum absolute atomic E-state index is 0.0253. The lowest BCUT2D eigenvalue weighted by molar-refractivity contribution is -0.131. The number of benzene rings is 1. The van der Waals surface area contributed by atoms with Crippen molar-refractivity contribution in [2.24, 2.45) is 4.99 Å². The summed E-state index contributed by atoms with van der Waals surface area (Å²) in [6, 6.07) is 5.17. The number of halogens is 1. The van der Waals surface area contributed by atoms with Gasteiger partial charge in [0, 0.05) is 11.6 Å². The van der Waals surface area contributed by atoms with Crippen LogP contribution in [0.4, 0.5) is 10.5 Å². The molecule has 0 aromatic heterocycles. The summed E-state index contributed by atoms with van der Waals surface area (Å²) in [5.41, 5.74) is 5.93. The first-order valence-corrected chi connectivity index (χ1v) is 9.16. The molecule has 0 saturated heterocycles. The molecule has 1 atom stereocenters. The van der Waals surface area contributed by atoms with E-state index in [4.69, 9.17) is 17.3 Å². The van der Waals surface area contributed by atoms with Crippen molar-refractivity contribution >= 4 is 35.2 Å². The number of anilines is 1. The number of carbonyl (C=O) groups excluding carboxylic acids is 1. The summed E-state index contributed by atoms with van der Waals surface area (Å²) in [5.74, 6) is -0.0849. The van der Waals surface area contributed by atoms with E-state index in [9.17, 15) is 14.7 Å². The molecule has 0 unspecified atom stereocenters. The second-order valence-electron chi connectivity index (χ2n) is 7.08. The van der Waals surface area contributed by atoms with E-state index < -0.39 is 11.6 Å². The summed E-state index contributed by atoms with van der Waals surface area (Å²) in [7, 11) is 0. The Bertz CT molecular complexity index is 761. The fourth-order valence-corrected chi connectivity index (χ4v) is 4.18. The number of carboxylic acid groups (broad SMARTS) is 1. The minimum Gasteiger partial charge on any atom is -0.465 e. The zero-order valence-electron chi connectivity index (χ0n) is 14.7. The van der Waals surface area contributed by atoms with Crippen molar-refractivity contribution in [2.75, 3.05) is 5.73 Å². The van der Waals surface area contributed by atoms with E-state index in [1.807, 2.05) is 0 Å². The van der Waals surface area contributed by atoms with Crippen LogP contribution in [0.15, 0.2) is 23.2 Å². The van der Waals surface area contributed by atoms with Gasteiger partial charge in [-0.2, -0.15) is 0 Å². The third kappa shape index (κ3) is 3.49. The number of amides is 2. The number of hydrogen-bond acceptors (Lipinski definition) is 4. The van der Waals surface area contributed by atoms with Gasteiger partial charge < -0.3 is 10.8 Å². The van der Waals surface area contributed by atoms with E-state index in [0.29, 0.717) is 16.3 Å². The predicted octanol–water partition coefficient (Wildman–Crippen LogP) is 3.33. The van der Waals surface area contributed by atoms with Gasteiger partial charge in [0.2, 0.25) is 11.9 Å². The Morgan fingerprint density at radius 3 is 2.73 bits per heavy atom. The Kier molecular flexibility index (Phi) is 5.09. The van der Waals surface area contributed by atoms with Gasteiger partial charge in [-0.25, -0.2) is 9.79 Å². The van der Waals surface area contributed by atoms with Crippen molar-refractivity contribution in [3.05, 3.63) is 28.8 Å². The summed E-state index contributed by atoms with van der Waals surface area (Å²) in [6.45, 7) is 1.77. The van der Waals surface area contributed by atoms with Crippen LogP contribution in [0.5, 0.6) is 0 Å². The molecule has 3 rings (SSSR count). The van der Waals surface area contributed by atoms with Crippen LogP contribution in [0, 0.1) is 0 Å². The first kappa shape index (κ1) is 18.5. The highest BCUT2D eigenvalue weighted by Crippen LogP contribution is 2.40. The topological polar surface area (TPSA) is 108 Å². The van der Waals surface area contributed by atoms with Crippen molar-refractivity contribution in [3.8, 4) is 0 Å². The molecule has 26 heavy (non-hydrogen) atoms. The van der Waals surface area contributed by atoms with Crippen LogP contribution < -0.4 is 11.1 Å². The molecule has 1 saturated carbocycles. The Morgan fingerprint density at radius 1 is 1.38 bits per heavy atom. The van der Waals surface area contributed by atoms with Gasteiger partial charge in [-0.15, -0.1) is 0 Å². The molecule has 0 radical (unpaired) electrons. The van der Waals surface area contributed by atoms with Gasteiger partial charge >= 0.3 is 6.09 Å². The number of nitrogen functional groups attached to an aromatic ring is 1. The van der Waals surface area contributed by atoms with Crippen LogP contribution in [0.25, 0.3) is 0 Å². The monoisotopic (exact) mass is 378 g/mol. The molecule has 1 aliphatic heterocycles. The van der Waals surface area contributed by atoms with Crippen molar-refractivity contribution in [2.45, 2.75) is 57.0 Å². The quantitative estimate of drug-likeness (QED) is 0.686. The van der Waals surface area contributed by atoms with Crippen LogP contribution in [0.2, 0.25) is 5.02 Å². The number of aliphatic imine (C=N–C) groups is 1. The van der Waals surface area contributed by atoms with Gasteiger partial charge in [-0.1, -0.05) is 43.0 Å². The van der Waals surface area contributed by atoms with E-state index >= 15 is 0 Å². The fourth-order valence-electron chi connectivity index (χ4n) is 3.85. The second-order valence-corrected chi connectivity index (χ2v) is 7.46. The van der Waals surface area contributed by atoms with E-state index in [-0.39, 0.29) is 24.3 Å². The van der Waals surface area contributed by atoms with E-state index in [1.54, 1.807) is 25.1 Å². The molecule has 2 amide bonds. The first-order chi connectivity index (χ1) is 12.3. The summed E-state index contributed by atoms with van der Waals surface area (Å²) in [6.07, 6.45) is 3.73. The molecule has 1 aromatic rings. The number of rotatable bonds is 2. The third-order valence-electron chi connectivity index (χ3n) is 5.11. The number of nitrogens with two attached hydrogens (primary N) is 1. The van der Waals surface area contributed by atoms with Gasteiger partial charge in [-0.05, 0) is 25.8 Å². The van der Waals surface area contributed by atoms with Crippen molar-refractivity contribution in [3.63, 3.8) is 0 Å². The number of nitrogens with one attached hydrogen (secondary N) is 1. The Morgan fingerprint density at radius 2 is 2.08 bits per heavy atom. The number of carbonyl (C=O) groups is 2. The maximum absolute atomic E-state index is 13.0. The number of guanidine groups is 1. The average Bonchev–Trinajstić information content (AvgIpc) is 2.57. The Labute approximate surface area is 157 Å². The number of nitrogens with zero attached hydrogens (tertiary/aromatic N) is 2. The number of hydrogen-bond donors (Lipinski definition) is 3. The highest BCUT2D eigenvalue weighted by molar-refractivity contribution is 6.34. The summed E-state index contributed by atoms with van der Waals surface area (Å²) < 4.78 is 0. The van der Waals surface area contributed by atoms with Crippen molar-refractivity contribution in [1.82, 2.24) is 10.2 Å². The van der Waals surface area contributed by atoms with Crippen molar-refractivity contribution < 1.29 is 14.7 Å². The zero-order chi connectivity index (χ0) is 18.9. The summed E-state index contributed by atoms with van der Waals surface area (Å²) >= 11 is 6.35. The normalized spacial score (nSPS) is 24.3. The molecule has 2 aliphatic rings. The largest absolute Gasteiger partial charge is 0.465 e. The molecular formula is C18H23ClN4O3. The maximum Gasteiger partial charge on any atom is 0.411 e. The lowest BCUT2D eigenvalue weighted by atomic mass is 9.86. The molecule has 0 spiro atoms. The molecule has 1 aliphatic carbocycles. The van der Waals surface area contributed by atoms with Gasteiger partial charge in [0.1, 0.15) is 0 Å². The molecule has 4 N–H and O–H groups in total. The van der Waals surface area contributed by atoms with E-state index in [2.05, 4.69) is 10.3 Å².